The molecule has 0 spiro atoms. The molecular formula is C11H14O3S. The second kappa shape index (κ2) is 3.94. The van der Waals surface area contributed by atoms with Crippen molar-refractivity contribution < 1.29 is 14.6 Å². The topological polar surface area (TPSA) is 46.5 Å². The Hall–Kier alpha value is -0.870. The highest BCUT2D eigenvalue weighted by molar-refractivity contribution is 7.12. The summed E-state index contributed by atoms with van der Waals surface area (Å²) < 4.78 is 5.24. The minimum atomic E-state index is -0.715. The van der Waals surface area contributed by atoms with Crippen LogP contribution in [0.15, 0.2) is 12.1 Å². The zero-order valence-corrected chi connectivity index (χ0v) is 9.47. The summed E-state index contributed by atoms with van der Waals surface area (Å²) in [6.45, 7) is 3.09. The number of ether oxygens (including phenoxy) is 1. The Balaban J connectivity index is 2.37. The predicted octanol–water partition coefficient (Wildman–Crippen LogP) is 2.19. The molecule has 82 valence electrons. The highest BCUT2D eigenvalue weighted by atomic mass is 32.1. The van der Waals surface area contributed by atoms with E-state index >= 15 is 0 Å². The van der Waals surface area contributed by atoms with Crippen LogP contribution in [0.4, 0.5) is 0 Å². The van der Waals surface area contributed by atoms with E-state index in [4.69, 9.17) is 4.74 Å². The van der Waals surface area contributed by atoms with Crippen LogP contribution < -0.4 is 0 Å². The van der Waals surface area contributed by atoms with Gasteiger partial charge in [-0.1, -0.05) is 0 Å². The Morgan fingerprint density at radius 1 is 1.47 bits per heavy atom. The van der Waals surface area contributed by atoms with Gasteiger partial charge < -0.3 is 9.84 Å². The molecule has 0 saturated carbocycles. The van der Waals surface area contributed by atoms with Crippen molar-refractivity contribution in [2.24, 2.45) is 0 Å². The predicted molar refractivity (Wildman–Crippen MR) is 58.4 cm³/mol. The summed E-state index contributed by atoms with van der Waals surface area (Å²) in [5.41, 5.74) is -0.697. The quantitative estimate of drug-likeness (QED) is 0.840. The molecule has 1 aliphatic rings. The molecule has 1 fully saturated rings. The minimum absolute atomic E-state index is 0.545. The normalized spacial score (nSPS) is 20.1. The van der Waals surface area contributed by atoms with E-state index in [1.807, 2.05) is 19.1 Å². The van der Waals surface area contributed by atoms with E-state index in [1.165, 1.54) is 0 Å². The molecule has 0 radical (unpaired) electrons. The summed E-state index contributed by atoms with van der Waals surface area (Å²) >= 11 is 1.59. The number of carboxylic acids is 1. The average Bonchev–Trinajstić information content (AvgIpc) is 2.66. The molecule has 0 aromatic carbocycles. The zero-order chi connectivity index (χ0) is 10.9. The fourth-order valence-corrected chi connectivity index (χ4v) is 3.08. The van der Waals surface area contributed by atoms with Crippen molar-refractivity contribution in [3.8, 4) is 0 Å². The highest BCUT2D eigenvalue weighted by Crippen LogP contribution is 2.38. The lowest BCUT2D eigenvalue weighted by molar-refractivity contribution is -0.147. The van der Waals surface area contributed by atoms with Crippen LogP contribution in [0.25, 0.3) is 0 Å². The van der Waals surface area contributed by atoms with Crippen LogP contribution in [0.5, 0.6) is 0 Å². The molecule has 0 aliphatic carbocycles. The van der Waals surface area contributed by atoms with Gasteiger partial charge in [-0.05, 0) is 31.9 Å². The first-order chi connectivity index (χ1) is 7.15. The van der Waals surface area contributed by atoms with E-state index in [2.05, 4.69) is 0 Å². The van der Waals surface area contributed by atoms with Gasteiger partial charge in [0, 0.05) is 23.0 Å². The van der Waals surface area contributed by atoms with Gasteiger partial charge in [-0.2, -0.15) is 0 Å². The number of hydrogen-bond donors (Lipinski definition) is 1. The van der Waals surface area contributed by atoms with E-state index in [0.717, 1.165) is 9.75 Å². The fourth-order valence-electron chi connectivity index (χ4n) is 1.98. The lowest BCUT2D eigenvalue weighted by Crippen LogP contribution is -2.40. The second-order valence-electron chi connectivity index (χ2n) is 3.91. The van der Waals surface area contributed by atoms with Gasteiger partial charge in [-0.15, -0.1) is 11.3 Å². The Morgan fingerprint density at radius 3 is 2.60 bits per heavy atom. The van der Waals surface area contributed by atoms with Crippen molar-refractivity contribution in [2.45, 2.75) is 25.2 Å². The highest BCUT2D eigenvalue weighted by Gasteiger charge is 2.42. The van der Waals surface area contributed by atoms with Crippen LogP contribution in [0.2, 0.25) is 0 Å². The van der Waals surface area contributed by atoms with Crippen LogP contribution in [0.3, 0.4) is 0 Å². The monoisotopic (exact) mass is 226 g/mol. The van der Waals surface area contributed by atoms with Gasteiger partial charge >= 0.3 is 5.97 Å². The van der Waals surface area contributed by atoms with Gasteiger partial charge in [-0.3, -0.25) is 4.79 Å². The van der Waals surface area contributed by atoms with Crippen LogP contribution in [-0.2, 0) is 14.9 Å². The van der Waals surface area contributed by atoms with Crippen LogP contribution in [0, 0.1) is 6.92 Å². The molecule has 0 amide bonds. The number of carboxylic acid groups (broad SMARTS) is 1. The van der Waals surface area contributed by atoms with Crippen molar-refractivity contribution in [1.29, 1.82) is 0 Å². The first-order valence-corrected chi connectivity index (χ1v) is 5.85. The summed E-state index contributed by atoms with van der Waals surface area (Å²) in [6, 6.07) is 3.93. The Bertz CT molecular complexity index is 364. The summed E-state index contributed by atoms with van der Waals surface area (Å²) in [5, 5.41) is 9.40. The van der Waals surface area contributed by atoms with Crippen molar-refractivity contribution in [3.63, 3.8) is 0 Å². The molecule has 3 nitrogen and oxygen atoms in total. The third kappa shape index (κ3) is 1.79. The first kappa shape index (κ1) is 10.6. The molecule has 2 heterocycles. The maximum absolute atomic E-state index is 11.4. The van der Waals surface area contributed by atoms with Gasteiger partial charge in [0.15, 0.2) is 0 Å². The number of rotatable bonds is 2. The second-order valence-corrected chi connectivity index (χ2v) is 5.20. The SMILES string of the molecule is Cc1ccc(C2(C(=O)O)CCOCC2)s1. The third-order valence-electron chi connectivity index (χ3n) is 2.97. The van der Waals surface area contributed by atoms with Gasteiger partial charge in [0.2, 0.25) is 0 Å². The van der Waals surface area contributed by atoms with E-state index < -0.39 is 11.4 Å². The van der Waals surface area contributed by atoms with E-state index in [-0.39, 0.29) is 0 Å². The van der Waals surface area contributed by atoms with E-state index in [1.54, 1.807) is 11.3 Å². The van der Waals surface area contributed by atoms with E-state index in [0.29, 0.717) is 26.1 Å². The lowest BCUT2D eigenvalue weighted by Gasteiger charge is -2.32. The molecule has 1 aliphatic heterocycles. The molecule has 2 rings (SSSR count). The number of thiophene rings is 1. The van der Waals surface area contributed by atoms with Gasteiger partial charge in [0.1, 0.15) is 5.41 Å². The molecule has 15 heavy (non-hydrogen) atoms. The molecule has 4 heteroatoms. The van der Waals surface area contributed by atoms with Gasteiger partial charge in [0.05, 0.1) is 0 Å². The maximum Gasteiger partial charge on any atom is 0.315 e. The summed E-state index contributed by atoms with van der Waals surface area (Å²) in [5.74, 6) is -0.715. The molecule has 1 aromatic rings. The maximum atomic E-state index is 11.4. The van der Waals surface area contributed by atoms with Gasteiger partial charge in [-0.25, -0.2) is 0 Å². The van der Waals surface area contributed by atoms with Crippen molar-refractivity contribution in [3.05, 3.63) is 21.9 Å². The molecule has 0 atom stereocenters. The Kier molecular flexibility index (Phi) is 2.80. The molecular weight excluding hydrogens is 212 g/mol. The van der Waals surface area contributed by atoms with Crippen molar-refractivity contribution >= 4 is 17.3 Å². The molecule has 0 bridgehead atoms. The largest absolute Gasteiger partial charge is 0.481 e. The number of aliphatic carboxylic acids is 1. The van der Waals surface area contributed by atoms with E-state index in [9.17, 15) is 9.90 Å². The fraction of sp³-hybridized carbons (Fsp3) is 0.545. The minimum Gasteiger partial charge on any atom is -0.481 e. The number of carbonyl (C=O) groups is 1. The molecule has 1 aromatic heterocycles. The van der Waals surface area contributed by atoms with Crippen LogP contribution in [0.1, 0.15) is 22.6 Å². The Labute approximate surface area is 92.7 Å². The molecule has 1 saturated heterocycles. The van der Waals surface area contributed by atoms with Crippen molar-refractivity contribution in [2.75, 3.05) is 13.2 Å². The van der Waals surface area contributed by atoms with Gasteiger partial charge in [0.25, 0.3) is 0 Å². The molecule has 0 unspecified atom stereocenters. The lowest BCUT2D eigenvalue weighted by atomic mass is 9.79. The zero-order valence-electron chi connectivity index (χ0n) is 8.66. The third-order valence-corrected chi connectivity index (χ3v) is 4.17. The first-order valence-electron chi connectivity index (χ1n) is 5.03. The van der Waals surface area contributed by atoms with Crippen LogP contribution >= 0.6 is 11.3 Å². The standard InChI is InChI=1S/C11H14O3S/c1-8-2-3-9(15-8)11(10(12)13)4-6-14-7-5-11/h2-3H,4-7H2,1H3,(H,12,13). The number of aryl methyl sites for hydroxylation is 1. The smallest absolute Gasteiger partial charge is 0.315 e. The summed E-state index contributed by atoms with van der Waals surface area (Å²) in [4.78, 5) is 13.6. The van der Waals surface area contributed by atoms with Crippen molar-refractivity contribution in [1.82, 2.24) is 0 Å². The average molecular weight is 226 g/mol. The summed E-state index contributed by atoms with van der Waals surface area (Å²) in [6.07, 6.45) is 1.17. The summed E-state index contributed by atoms with van der Waals surface area (Å²) in [7, 11) is 0. The Morgan fingerprint density at radius 2 is 2.13 bits per heavy atom. The van der Waals surface area contributed by atoms with Crippen LogP contribution in [-0.4, -0.2) is 24.3 Å². The molecule has 1 N–H and O–H groups in total. The number of hydrogen-bond acceptors (Lipinski definition) is 3.